The Morgan fingerprint density at radius 2 is 1.96 bits per heavy atom. The zero-order chi connectivity index (χ0) is 18.6. The Morgan fingerprint density at radius 1 is 1.11 bits per heavy atom. The van der Waals surface area contributed by atoms with Gasteiger partial charge in [-0.1, -0.05) is 11.2 Å². The number of hydrogen-bond acceptors (Lipinski definition) is 7. The van der Waals surface area contributed by atoms with Crippen molar-refractivity contribution in [2.75, 3.05) is 13.2 Å². The molecule has 0 saturated heterocycles. The molecule has 27 heavy (non-hydrogen) atoms. The van der Waals surface area contributed by atoms with E-state index in [-0.39, 0.29) is 6.61 Å². The fraction of sp³-hybridized carbons (Fsp3) is 0.150. The average Bonchev–Trinajstić information content (AvgIpc) is 3.20. The van der Waals surface area contributed by atoms with E-state index >= 15 is 0 Å². The number of carbonyl (C=O) groups excluding carboxylic acids is 1. The van der Waals surface area contributed by atoms with Crippen molar-refractivity contribution in [1.82, 2.24) is 5.16 Å². The summed E-state index contributed by atoms with van der Waals surface area (Å²) in [5.41, 5.74) is 1.96. The molecule has 0 fully saturated rings. The maximum Gasteiger partial charge on any atom is 0.338 e. The standard InChI is InChI=1S/C20H14N2O5/c21-11-13-2-1-3-15(8-13)20(23)26-12-16-10-18(27-22-16)14-4-5-17-19(9-14)25-7-6-24-17/h1-5,8-10H,6-7,12H2. The highest BCUT2D eigenvalue weighted by Gasteiger charge is 2.15. The van der Waals surface area contributed by atoms with Crippen LogP contribution in [0.4, 0.5) is 0 Å². The fourth-order valence-corrected chi connectivity index (χ4v) is 2.65. The highest BCUT2D eigenvalue weighted by molar-refractivity contribution is 5.89. The zero-order valence-corrected chi connectivity index (χ0v) is 14.2. The lowest BCUT2D eigenvalue weighted by Crippen LogP contribution is -2.15. The molecule has 7 nitrogen and oxygen atoms in total. The van der Waals surface area contributed by atoms with Crippen molar-refractivity contribution < 1.29 is 23.5 Å². The molecule has 2 aromatic carbocycles. The average molecular weight is 362 g/mol. The molecule has 0 aliphatic carbocycles. The first-order valence-corrected chi connectivity index (χ1v) is 8.26. The van der Waals surface area contributed by atoms with E-state index in [0.717, 1.165) is 5.56 Å². The molecule has 0 amide bonds. The van der Waals surface area contributed by atoms with Crippen LogP contribution in [-0.4, -0.2) is 24.3 Å². The number of aromatic nitrogens is 1. The molecule has 0 saturated carbocycles. The molecule has 4 rings (SSSR count). The molecule has 0 atom stereocenters. The topological polar surface area (TPSA) is 94.6 Å². The molecule has 134 valence electrons. The first kappa shape index (κ1) is 16.7. The largest absolute Gasteiger partial charge is 0.486 e. The van der Waals surface area contributed by atoms with Crippen LogP contribution in [0.3, 0.4) is 0 Å². The second-order valence-corrected chi connectivity index (χ2v) is 5.81. The Hall–Kier alpha value is -3.79. The third-order valence-corrected chi connectivity index (χ3v) is 3.96. The van der Waals surface area contributed by atoms with Crippen LogP contribution in [0, 0.1) is 11.3 Å². The minimum absolute atomic E-state index is 0.0380. The van der Waals surface area contributed by atoms with Crippen molar-refractivity contribution in [3.8, 4) is 28.9 Å². The van der Waals surface area contributed by atoms with E-state index in [0.29, 0.717) is 47.3 Å². The molecule has 7 heteroatoms. The first-order chi connectivity index (χ1) is 13.2. The molecular weight excluding hydrogens is 348 g/mol. The summed E-state index contributed by atoms with van der Waals surface area (Å²) >= 11 is 0. The monoisotopic (exact) mass is 362 g/mol. The van der Waals surface area contributed by atoms with Gasteiger partial charge in [-0.2, -0.15) is 5.26 Å². The Kier molecular flexibility index (Phi) is 4.45. The van der Waals surface area contributed by atoms with Crippen molar-refractivity contribution >= 4 is 5.97 Å². The number of esters is 1. The van der Waals surface area contributed by atoms with Crippen LogP contribution in [0.25, 0.3) is 11.3 Å². The van der Waals surface area contributed by atoms with E-state index in [1.54, 1.807) is 24.3 Å². The molecule has 0 bridgehead atoms. The third kappa shape index (κ3) is 3.60. The number of benzene rings is 2. The molecule has 1 aromatic heterocycles. The van der Waals surface area contributed by atoms with Gasteiger partial charge in [0.25, 0.3) is 0 Å². The van der Waals surface area contributed by atoms with Gasteiger partial charge in [0.15, 0.2) is 17.3 Å². The lowest BCUT2D eigenvalue weighted by Gasteiger charge is -2.18. The Balaban J connectivity index is 1.44. The van der Waals surface area contributed by atoms with E-state index in [9.17, 15) is 4.79 Å². The third-order valence-electron chi connectivity index (χ3n) is 3.96. The highest BCUT2D eigenvalue weighted by Crippen LogP contribution is 2.34. The normalized spacial score (nSPS) is 12.3. The molecule has 1 aliphatic rings. The van der Waals surface area contributed by atoms with Crippen LogP contribution in [-0.2, 0) is 11.3 Å². The summed E-state index contributed by atoms with van der Waals surface area (Å²) in [6, 6.07) is 15.5. The van der Waals surface area contributed by atoms with E-state index < -0.39 is 5.97 Å². The van der Waals surface area contributed by atoms with Crippen molar-refractivity contribution in [3.63, 3.8) is 0 Å². The van der Waals surface area contributed by atoms with Gasteiger partial charge < -0.3 is 18.7 Å². The van der Waals surface area contributed by atoms with Crippen molar-refractivity contribution in [3.05, 3.63) is 65.4 Å². The zero-order valence-electron chi connectivity index (χ0n) is 14.2. The van der Waals surface area contributed by atoms with Gasteiger partial charge in [0, 0.05) is 11.6 Å². The summed E-state index contributed by atoms with van der Waals surface area (Å²) < 4.78 is 21.6. The van der Waals surface area contributed by atoms with Crippen LogP contribution in [0.15, 0.2) is 53.1 Å². The smallest absolute Gasteiger partial charge is 0.338 e. The molecule has 0 unspecified atom stereocenters. The Morgan fingerprint density at radius 3 is 2.81 bits per heavy atom. The quantitative estimate of drug-likeness (QED) is 0.657. The second kappa shape index (κ2) is 7.22. The fourth-order valence-electron chi connectivity index (χ4n) is 2.65. The lowest BCUT2D eigenvalue weighted by atomic mass is 10.1. The van der Waals surface area contributed by atoms with E-state index in [4.69, 9.17) is 24.0 Å². The molecule has 0 radical (unpaired) electrons. The first-order valence-electron chi connectivity index (χ1n) is 8.26. The van der Waals surface area contributed by atoms with Crippen LogP contribution < -0.4 is 9.47 Å². The summed E-state index contributed by atoms with van der Waals surface area (Å²) in [5.74, 6) is 1.35. The van der Waals surface area contributed by atoms with Crippen molar-refractivity contribution in [2.24, 2.45) is 0 Å². The molecule has 2 heterocycles. The summed E-state index contributed by atoms with van der Waals surface area (Å²) in [5, 5.41) is 12.8. The van der Waals surface area contributed by atoms with Crippen LogP contribution in [0.5, 0.6) is 11.5 Å². The second-order valence-electron chi connectivity index (χ2n) is 5.81. The van der Waals surface area contributed by atoms with Crippen LogP contribution in [0.1, 0.15) is 21.6 Å². The maximum atomic E-state index is 12.1. The van der Waals surface area contributed by atoms with Gasteiger partial charge in [0.05, 0.1) is 17.2 Å². The van der Waals surface area contributed by atoms with Crippen molar-refractivity contribution in [1.29, 1.82) is 5.26 Å². The Labute approximate surface area is 154 Å². The molecule has 3 aromatic rings. The summed E-state index contributed by atoms with van der Waals surface area (Å²) in [7, 11) is 0. The lowest BCUT2D eigenvalue weighted by molar-refractivity contribution is 0.0464. The number of hydrogen-bond donors (Lipinski definition) is 0. The van der Waals surface area contributed by atoms with Crippen molar-refractivity contribution in [2.45, 2.75) is 6.61 Å². The van der Waals surface area contributed by atoms with Gasteiger partial charge >= 0.3 is 5.97 Å². The minimum atomic E-state index is -0.532. The minimum Gasteiger partial charge on any atom is -0.486 e. The number of fused-ring (bicyclic) bond motifs is 1. The van der Waals surface area contributed by atoms with Crippen LogP contribution >= 0.6 is 0 Å². The molecular formula is C20H14N2O5. The SMILES string of the molecule is N#Cc1cccc(C(=O)OCc2cc(-c3ccc4c(c3)OCCO4)on2)c1. The maximum absolute atomic E-state index is 12.1. The van der Waals surface area contributed by atoms with Gasteiger partial charge in [-0.15, -0.1) is 0 Å². The van der Waals surface area contributed by atoms with Gasteiger partial charge in [-0.3, -0.25) is 0 Å². The van der Waals surface area contributed by atoms with E-state index in [1.165, 1.54) is 6.07 Å². The number of ether oxygens (including phenoxy) is 3. The molecule has 0 spiro atoms. The highest BCUT2D eigenvalue weighted by atomic mass is 16.6. The number of nitriles is 1. The Bertz CT molecular complexity index is 1030. The van der Waals surface area contributed by atoms with Gasteiger partial charge in [0.2, 0.25) is 0 Å². The molecule has 0 N–H and O–H groups in total. The molecule has 1 aliphatic heterocycles. The van der Waals surface area contributed by atoms with Gasteiger partial charge in [-0.05, 0) is 36.4 Å². The van der Waals surface area contributed by atoms with E-state index in [2.05, 4.69) is 5.16 Å². The summed E-state index contributed by atoms with van der Waals surface area (Å²) in [6.45, 7) is 0.992. The predicted octanol–water partition coefficient (Wildman–Crippen LogP) is 3.34. The van der Waals surface area contributed by atoms with Crippen LogP contribution in [0.2, 0.25) is 0 Å². The number of rotatable bonds is 4. The number of carbonyl (C=O) groups is 1. The van der Waals surface area contributed by atoms with E-state index in [1.807, 2.05) is 24.3 Å². The van der Waals surface area contributed by atoms with Gasteiger partial charge in [0.1, 0.15) is 25.5 Å². The van der Waals surface area contributed by atoms with Gasteiger partial charge in [-0.25, -0.2) is 4.79 Å². The number of nitrogens with zero attached hydrogens (tertiary/aromatic N) is 2. The summed E-state index contributed by atoms with van der Waals surface area (Å²) in [4.78, 5) is 12.1. The summed E-state index contributed by atoms with van der Waals surface area (Å²) in [6.07, 6.45) is 0. The predicted molar refractivity (Wildman–Crippen MR) is 93.2 cm³/mol.